The van der Waals surface area contributed by atoms with E-state index in [4.69, 9.17) is 11.6 Å². The number of carbonyl (C=O) groups excluding carboxylic acids is 2. The summed E-state index contributed by atoms with van der Waals surface area (Å²) in [6.07, 6.45) is 1.54. The summed E-state index contributed by atoms with van der Waals surface area (Å²) in [5, 5.41) is 3.13. The van der Waals surface area contributed by atoms with Crippen molar-refractivity contribution in [1.82, 2.24) is 15.2 Å². The third-order valence-electron chi connectivity index (χ3n) is 2.26. The fourth-order valence-electron chi connectivity index (χ4n) is 1.42. The molecule has 0 bridgehead atoms. The molecule has 6 heteroatoms. The Morgan fingerprint density at radius 1 is 1.47 bits per heavy atom. The SMILES string of the molecule is CCNC(=O)CN(CC)C(=O)c1cc(Cl)c[nH]1. The summed E-state index contributed by atoms with van der Waals surface area (Å²) in [7, 11) is 0. The Bertz CT molecular complexity index is 403. The molecule has 0 atom stereocenters. The predicted octanol–water partition coefficient (Wildman–Crippen LogP) is 1.27. The minimum Gasteiger partial charge on any atom is -0.356 e. The number of halogens is 1. The van der Waals surface area contributed by atoms with Crippen LogP contribution in [0.1, 0.15) is 24.3 Å². The highest BCUT2D eigenvalue weighted by Crippen LogP contribution is 2.11. The smallest absolute Gasteiger partial charge is 0.270 e. The topological polar surface area (TPSA) is 65.2 Å². The maximum absolute atomic E-state index is 12.0. The van der Waals surface area contributed by atoms with Gasteiger partial charge in [0.1, 0.15) is 5.69 Å². The Labute approximate surface area is 105 Å². The summed E-state index contributed by atoms with van der Waals surface area (Å²) in [6.45, 7) is 4.73. The molecule has 0 aliphatic rings. The van der Waals surface area contributed by atoms with Crippen LogP contribution < -0.4 is 5.32 Å². The van der Waals surface area contributed by atoms with E-state index >= 15 is 0 Å². The van der Waals surface area contributed by atoms with E-state index < -0.39 is 0 Å². The maximum Gasteiger partial charge on any atom is 0.270 e. The van der Waals surface area contributed by atoms with Gasteiger partial charge in [-0.1, -0.05) is 11.6 Å². The Morgan fingerprint density at radius 2 is 2.18 bits per heavy atom. The van der Waals surface area contributed by atoms with Gasteiger partial charge in [-0.25, -0.2) is 0 Å². The van der Waals surface area contributed by atoms with Gasteiger partial charge in [-0.15, -0.1) is 0 Å². The number of nitrogens with zero attached hydrogens (tertiary/aromatic N) is 1. The molecular formula is C11H16ClN3O2. The molecule has 0 saturated heterocycles. The van der Waals surface area contributed by atoms with Gasteiger partial charge in [0, 0.05) is 19.3 Å². The number of hydrogen-bond acceptors (Lipinski definition) is 2. The zero-order valence-electron chi connectivity index (χ0n) is 9.92. The molecule has 94 valence electrons. The number of aromatic nitrogens is 1. The third-order valence-corrected chi connectivity index (χ3v) is 2.47. The van der Waals surface area contributed by atoms with E-state index in [1.165, 1.54) is 11.1 Å². The van der Waals surface area contributed by atoms with Crippen molar-refractivity contribution in [2.75, 3.05) is 19.6 Å². The second-order valence-electron chi connectivity index (χ2n) is 3.50. The molecule has 17 heavy (non-hydrogen) atoms. The lowest BCUT2D eigenvalue weighted by Crippen LogP contribution is -2.40. The first kappa shape index (κ1) is 13.6. The van der Waals surface area contributed by atoms with Crippen LogP contribution in [-0.4, -0.2) is 41.3 Å². The van der Waals surface area contributed by atoms with Gasteiger partial charge in [-0.3, -0.25) is 9.59 Å². The van der Waals surface area contributed by atoms with E-state index in [0.717, 1.165) is 0 Å². The van der Waals surface area contributed by atoms with Crippen LogP contribution in [-0.2, 0) is 4.79 Å². The lowest BCUT2D eigenvalue weighted by atomic mass is 10.3. The van der Waals surface area contributed by atoms with Gasteiger partial charge in [-0.05, 0) is 19.9 Å². The summed E-state index contributed by atoms with van der Waals surface area (Å²) in [5.74, 6) is -0.397. The number of likely N-dealkylation sites (N-methyl/N-ethyl adjacent to an activating group) is 2. The standard InChI is InChI=1S/C11H16ClN3O2/c1-3-13-10(16)7-15(4-2)11(17)9-5-8(12)6-14-9/h5-6,14H,3-4,7H2,1-2H3,(H,13,16). The molecule has 0 saturated carbocycles. The number of aromatic amines is 1. The molecule has 2 amide bonds. The molecule has 0 spiro atoms. The first-order valence-corrected chi connectivity index (χ1v) is 5.86. The molecular weight excluding hydrogens is 242 g/mol. The molecule has 0 aromatic carbocycles. The van der Waals surface area contributed by atoms with Crippen LogP contribution in [0.3, 0.4) is 0 Å². The molecule has 1 heterocycles. The summed E-state index contributed by atoms with van der Waals surface area (Å²) >= 11 is 5.73. The molecule has 1 rings (SSSR count). The first-order chi connectivity index (χ1) is 8.08. The molecule has 0 unspecified atom stereocenters. The van der Waals surface area contributed by atoms with Gasteiger partial charge in [0.25, 0.3) is 5.91 Å². The van der Waals surface area contributed by atoms with Crippen LogP contribution in [0.5, 0.6) is 0 Å². The van der Waals surface area contributed by atoms with Gasteiger partial charge >= 0.3 is 0 Å². The van der Waals surface area contributed by atoms with Crippen molar-refractivity contribution in [1.29, 1.82) is 0 Å². The van der Waals surface area contributed by atoms with E-state index in [1.807, 2.05) is 13.8 Å². The fraction of sp³-hybridized carbons (Fsp3) is 0.455. The number of nitrogens with one attached hydrogen (secondary N) is 2. The van der Waals surface area contributed by atoms with Crippen LogP contribution in [0, 0.1) is 0 Å². The molecule has 0 aliphatic carbocycles. The Kier molecular flexibility index (Phi) is 5.03. The highest BCUT2D eigenvalue weighted by atomic mass is 35.5. The van der Waals surface area contributed by atoms with E-state index in [-0.39, 0.29) is 18.4 Å². The van der Waals surface area contributed by atoms with Crippen LogP contribution >= 0.6 is 11.6 Å². The monoisotopic (exact) mass is 257 g/mol. The summed E-state index contributed by atoms with van der Waals surface area (Å²) in [4.78, 5) is 27.6. The van der Waals surface area contributed by atoms with Crippen LogP contribution in [0.15, 0.2) is 12.3 Å². The van der Waals surface area contributed by atoms with Crippen molar-refractivity contribution in [3.8, 4) is 0 Å². The Balaban J connectivity index is 2.67. The minimum absolute atomic E-state index is 0.0554. The van der Waals surface area contributed by atoms with E-state index in [0.29, 0.717) is 23.8 Å². The molecule has 0 radical (unpaired) electrons. The lowest BCUT2D eigenvalue weighted by Gasteiger charge is -2.19. The molecule has 1 aromatic heterocycles. The van der Waals surface area contributed by atoms with Crippen LogP contribution in [0.2, 0.25) is 5.02 Å². The summed E-state index contributed by atoms with van der Waals surface area (Å²) < 4.78 is 0. The van der Waals surface area contributed by atoms with Gasteiger partial charge in [-0.2, -0.15) is 0 Å². The second-order valence-corrected chi connectivity index (χ2v) is 3.94. The maximum atomic E-state index is 12.0. The lowest BCUT2D eigenvalue weighted by molar-refractivity contribution is -0.121. The van der Waals surface area contributed by atoms with Gasteiger partial charge in [0.2, 0.25) is 5.91 Å². The van der Waals surface area contributed by atoms with Crippen molar-refractivity contribution < 1.29 is 9.59 Å². The van der Waals surface area contributed by atoms with Crippen molar-refractivity contribution >= 4 is 23.4 Å². The number of amides is 2. The normalized spacial score (nSPS) is 10.1. The highest BCUT2D eigenvalue weighted by molar-refractivity contribution is 6.30. The van der Waals surface area contributed by atoms with Crippen molar-refractivity contribution in [2.24, 2.45) is 0 Å². The van der Waals surface area contributed by atoms with Gasteiger partial charge < -0.3 is 15.2 Å². The fourth-order valence-corrected chi connectivity index (χ4v) is 1.58. The minimum atomic E-state index is -0.231. The molecule has 2 N–H and O–H groups in total. The highest BCUT2D eigenvalue weighted by Gasteiger charge is 2.18. The first-order valence-electron chi connectivity index (χ1n) is 5.48. The van der Waals surface area contributed by atoms with Crippen molar-refractivity contribution in [3.05, 3.63) is 23.0 Å². The number of carbonyl (C=O) groups is 2. The molecule has 5 nitrogen and oxygen atoms in total. The predicted molar refractivity (Wildman–Crippen MR) is 66.1 cm³/mol. The van der Waals surface area contributed by atoms with Crippen molar-refractivity contribution in [3.63, 3.8) is 0 Å². The Hall–Kier alpha value is -1.49. The van der Waals surface area contributed by atoms with Gasteiger partial charge in [0.15, 0.2) is 0 Å². The van der Waals surface area contributed by atoms with E-state index in [9.17, 15) is 9.59 Å². The van der Waals surface area contributed by atoms with Crippen LogP contribution in [0.25, 0.3) is 0 Å². The molecule has 0 fully saturated rings. The number of rotatable bonds is 5. The van der Waals surface area contributed by atoms with E-state index in [2.05, 4.69) is 10.3 Å². The quantitative estimate of drug-likeness (QED) is 0.834. The Morgan fingerprint density at radius 3 is 2.65 bits per heavy atom. The average Bonchev–Trinajstić information content (AvgIpc) is 2.72. The molecule has 1 aromatic rings. The molecule has 0 aliphatic heterocycles. The van der Waals surface area contributed by atoms with E-state index in [1.54, 1.807) is 6.07 Å². The van der Waals surface area contributed by atoms with Crippen molar-refractivity contribution in [2.45, 2.75) is 13.8 Å². The number of hydrogen-bond donors (Lipinski definition) is 2. The number of H-pyrrole nitrogens is 1. The average molecular weight is 258 g/mol. The van der Waals surface area contributed by atoms with Crippen LogP contribution in [0.4, 0.5) is 0 Å². The second kappa shape index (κ2) is 6.30. The largest absolute Gasteiger partial charge is 0.356 e. The van der Waals surface area contributed by atoms with Gasteiger partial charge in [0.05, 0.1) is 11.6 Å². The third kappa shape index (κ3) is 3.78. The summed E-state index contributed by atoms with van der Waals surface area (Å²) in [5.41, 5.74) is 0.390. The zero-order chi connectivity index (χ0) is 12.8. The summed E-state index contributed by atoms with van der Waals surface area (Å²) in [6, 6.07) is 1.55. The zero-order valence-corrected chi connectivity index (χ0v) is 10.7.